The highest BCUT2D eigenvalue weighted by Crippen LogP contribution is 2.30. The summed E-state index contributed by atoms with van der Waals surface area (Å²) in [6.45, 7) is 4.73. The smallest absolute Gasteiger partial charge is 0.411 e. The highest BCUT2D eigenvalue weighted by Gasteiger charge is 2.24. The average molecular weight is 865 g/mol. The van der Waals surface area contributed by atoms with Gasteiger partial charge in [0.15, 0.2) is 0 Å². The first kappa shape index (κ1) is 45.2. The second-order valence-electron chi connectivity index (χ2n) is 16.4. The Hall–Kier alpha value is -6.80. The van der Waals surface area contributed by atoms with Crippen molar-refractivity contribution in [1.82, 2.24) is 20.5 Å². The molecule has 0 spiro atoms. The predicted molar refractivity (Wildman–Crippen MR) is 250 cm³/mol. The summed E-state index contributed by atoms with van der Waals surface area (Å²) in [4.78, 5) is 57.2. The molecule has 5 aromatic carbocycles. The van der Waals surface area contributed by atoms with Crippen molar-refractivity contribution in [2.75, 3.05) is 43.4 Å². The minimum Gasteiger partial charge on any atom is -0.506 e. The molecule has 0 bridgehead atoms. The maximum atomic E-state index is 13.2. The SMILES string of the molecule is C[C@@H](Cc1cccc(CC(=O)NCc2ccc(N(C)C(=O)CCN3CCC(OC(=O)Nc4ccccc4-c4ccccc4)CC3)cc2)c1)NC[C@H](O)c1ccc(O)c2[nH]c(=O)ccc12. The number of hydrogen-bond acceptors (Lipinski definition) is 9. The van der Waals surface area contributed by atoms with Gasteiger partial charge in [-0.1, -0.05) is 91.0 Å². The van der Waals surface area contributed by atoms with Crippen molar-refractivity contribution in [2.45, 2.75) is 63.8 Å². The number of aromatic nitrogens is 1. The Morgan fingerprint density at radius 3 is 2.38 bits per heavy atom. The van der Waals surface area contributed by atoms with Crippen LogP contribution in [-0.4, -0.2) is 83.4 Å². The number of hydrogen-bond donors (Lipinski definition) is 6. The van der Waals surface area contributed by atoms with E-state index in [1.54, 1.807) is 24.1 Å². The molecule has 13 heteroatoms. The van der Waals surface area contributed by atoms with Crippen LogP contribution < -0.4 is 26.4 Å². The molecule has 0 unspecified atom stereocenters. The highest BCUT2D eigenvalue weighted by atomic mass is 16.6. The zero-order valence-corrected chi connectivity index (χ0v) is 36.3. The molecular formula is C51H56N6O7. The molecule has 1 fully saturated rings. The van der Waals surface area contributed by atoms with Crippen LogP contribution in [0.1, 0.15) is 54.5 Å². The Morgan fingerprint density at radius 1 is 0.859 bits per heavy atom. The van der Waals surface area contributed by atoms with Gasteiger partial charge >= 0.3 is 6.09 Å². The van der Waals surface area contributed by atoms with Crippen molar-refractivity contribution >= 4 is 40.2 Å². The first-order chi connectivity index (χ1) is 31.0. The fraction of sp³-hybridized carbons (Fsp3) is 0.294. The van der Waals surface area contributed by atoms with Gasteiger partial charge in [0, 0.05) is 74.9 Å². The second kappa shape index (κ2) is 21.5. The van der Waals surface area contributed by atoms with E-state index in [0.29, 0.717) is 60.9 Å². The zero-order chi connectivity index (χ0) is 45.0. The Bertz CT molecular complexity index is 2590. The summed E-state index contributed by atoms with van der Waals surface area (Å²) in [5.74, 6) is -0.154. The lowest BCUT2D eigenvalue weighted by atomic mass is 10.0. The number of ether oxygens (including phenoxy) is 1. The number of aromatic amines is 1. The summed E-state index contributed by atoms with van der Waals surface area (Å²) in [6.07, 6.45) is 1.13. The van der Waals surface area contributed by atoms with Crippen molar-refractivity contribution in [3.05, 3.63) is 160 Å². The van der Waals surface area contributed by atoms with E-state index >= 15 is 0 Å². The molecule has 1 aliphatic rings. The molecule has 3 amide bonds. The summed E-state index contributed by atoms with van der Waals surface area (Å²) in [6, 6.07) is 39.2. The number of piperidine rings is 1. The third-order valence-electron chi connectivity index (χ3n) is 11.7. The van der Waals surface area contributed by atoms with E-state index in [0.717, 1.165) is 46.6 Å². The van der Waals surface area contributed by atoms with E-state index in [1.807, 2.05) is 110 Å². The van der Waals surface area contributed by atoms with Gasteiger partial charge in [0.2, 0.25) is 17.4 Å². The first-order valence-electron chi connectivity index (χ1n) is 21.8. The number of nitrogens with zero attached hydrogens (tertiary/aromatic N) is 2. The van der Waals surface area contributed by atoms with E-state index < -0.39 is 12.2 Å². The number of para-hydroxylation sites is 1. The second-order valence-corrected chi connectivity index (χ2v) is 16.4. The van der Waals surface area contributed by atoms with Crippen LogP contribution in [0.25, 0.3) is 22.0 Å². The van der Waals surface area contributed by atoms with Gasteiger partial charge in [-0.15, -0.1) is 0 Å². The number of amides is 3. The lowest BCUT2D eigenvalue weighted by molar-refractivity contribution is -0.120. The Labute approximate surface area is 373 Å². The van der Waals surface area contributed by atoms with E-state index in [-0.39, 0.29) is 48.2 Å². The number of anilines is 2. The summed E-state index contributed by atoms with van der Waals surface area (Å²) in [5.41, 5.74) is 6.84. The van der Waals surface area contributed by atoms with Gasteiger partial charge in [0.25, 0.3) is 0 Å². The van der Waals surface area contributed by atoms with Gasteiger partial charge < -0.3 is 40.4 Å². The van der Waals surface area contributed by atoms with Crippen molar-refractivity contribution in [1.29, 1.82) is 0 Å². The number of phenolic OH excluding ortho intramolecular Hbond substituents is 1. The number of carbonyl (C=O) groups excluding carboxylic acids is 3. The van der Waals surface area contributed by atoms with E-state index in [9.17, 15) is 29.4 Å². The number of H-pyrrole nitrogens is 1. The molecule has 1 saturated heterocycles. The number of likely N-dealkylation sites (tertiary alicyclic amines) is 1. The van der Waals surface area contributed by atoms with Gasteiger partial charge in [0.05, 0.1) is 23.7 Å². The monoisotopic (exact) mass is 864 g/mol. The van der Waals surface area contributed by atoms with E-state index in [1.165, 1.54) is 12.1 Å². The number of aliphatic hydroxyl groups excluding tert-OH is 1. The van der Waals surface area contributed by atoms with Crippen LogP contribution in [0.5, 0.6) is 5.75 Å². The van der Waals surface area contributed by atoms with Crippen molar-refractivity contribution in [3.63, 3.8) is 0 Å². The van der Waals surface area contributed by atoms with Gasteiger partial charge in [0.1, 0.15) is 11.9 Å². The maximum absolute atomic E-state index is 13.2. The number of pyridine rings is 1. The number of phenols is 1. The van der Waals surface area contributed by atoms with Crippen LogP contribution in [0.4, 0.5) is 16.2 Å². The third-order valence-corrected chi connectivity index (χ3v) is 11.7. The number of aliphatic hydroxyl groups is 1. The summed E-state index contributed by atoms with van der Waals surface area (Å²) < 4.78 is 5.78. The number of carbonyl (C=O) groups is 3. The van der Waals surface area contributed by atoms with Gasteiger partial charge in [-0.05, 0) is 84.3 Å². The number of fused-ring (bicyclic) bond motifs is 1. The van der Waals surface area contributed by atoms with Crippen molar-refractivity contribution in [2.24, 2.45) is 0 Å². The van der Waals surface area contributed by atoms with E-state index in [2.05, 4.69) is 25.8 Å². The minimum absolute atomic E-state index is 0.00302. The van der Waals surface area contributed by atoms with Gasteiger partial charge in [-0.2, -0.15) is 0 Å². The van der Waals surface area contributed by atoms with Crippen LogP contribution in [0.15, 0.2) is 132 Å². The van der Waals surface area contributed by atoms with Crippen LogP contribution in [0.3, 0.4) is 0 Å². The van der Waals surface area contributed by atoms with Gasteiger partial charge in [-0.3, -0.25) is 19.7 Å². The quantitative estimate of drug-likeness (QED) is 0.0560. The predicted octanol–water partition coefficient (Wildman–Crippen LogP) is 7.08. The van der Waals surface area contributed by atoms with E-state index in [4.69, 9.17) is 4.74 Å². The topological polar surface area (TPSA) is 176 Å². The molecule has 1 aliphatic heterocycles. The maximum Gasteiger partial charge on any atom is 0.411 e. The molecule has 2 atom stereocenters. The van der Waals surface area contributed by atoms with Crippen LogP contribution >= 0.6 is 0 Å². The lowest BCUT2D eigenvalue weighted by Gasteiger charge is -2.31. The Balaban J connectivity index is 0.790. The van der Waals surface area contributed by atoms with Crippen LogP contribution in [0, 0.1) is 0 Å². The molecule has 0 saturated carbocycles. The summed E-state index contributed by atoms with van der Waals surface area (Å²) in [7, 11) is 1.77. The number of nitrogens with one attached hydrogen (secondary N) is 4. The Kier molecular flexibility index (Phi) is 15.2. The number of rotatable bonds is 17. The largest absolute Gasteiger partial charge is 0.506 e. The molecule has 2 heterocycles. The molecule has 13 nitrogen and oxygen atoms in total. The number of aromatic hydroxyl groups is 1. The summed E-state index contributed by atoms with van der Waals surface area (Å²) >= 11 is 0. The third kappa shape index (κ3) is 12.2. The summed E-state index contributed by atoms with van der Waals surface area (Å²) in [5, 5.41) is 31.0. The zero-order valence-electron chi connectivity index (χ0n) is 36.3. The lowest BCUT2D eigenvalue weighted by Crippen LogP contribution is -2.40. The molecule has 7 rings (SSSR count). The van der Waals surface area contributed by atoms with Crippen molar-refractivity contribution < 1.29 is 29.3 Å². The molecule has 0 aliphatic carbocycles. The molecule has 0 radical (unpaired) electrons. The van der Waals surface area contributed by atoms with Crippen molar-refractivity contribution in [3.8, 4) is 16.9 Å². The fourth-order valence-corrected chi connectivity index (χ4v) is 8.12. The first-order valence-corrected chi connectivity index (χ1v) is 21.8. The Morgan fingerprint density at radius 2 is 1.59 bits per heavy atom. The molecular weight excluding hydrogens is 809 g/mol. The average Bonchev–Trinajstić information content (AvgIpc) is 3.30. The highest BCUT2D eigenvalue weighted by molar-refractivity contribution is 5.93. The molecule has 6 aromatic rings. The van der Waals surface area contributed by atoms with Gasteiger partial charge in [-0.25, -0.2) is 4.79 Å². The molecule has 64 heavy (non-hydrogen) atoms. The fourth-order valence-electron chi connectivity index (χ4n) is 8.12. The minimum atomic E-state index is -0.863. The molecule has 332 valence electrons. The standard InChI is InChI=1S/C51H56N6O7/c1-34(52-33-46(59)42-19-21-45(58)50-43(42)20-22-47(60)55-50)29-36-9-8-10-37(30-36)31-48(61)53-32-35-15-17-39(18-16-35)56(2)49(62)25-28-57-26-23-40(24-27-57)64-51(63)54-44-14-7-6-13-41(44)38-11-4-3-5-12-38/h3-22,30,34,40,46,52,58-59H,23-29,31-33H2,1-2H3,(H,53,61)(H,54,63)(H,55,60)/t34-,46-/m0/s1. The van der Waals surface area contributed by atoms with Crippen LogP contribution in [0.2, 0.25) is 0 Å². The normalized spacial score (nSPS) is 14.1. The van der Waals surface area contributed by atoms with Crippen LogP contribution in [-0.2, 0) is 33.7 Å². The molecule has 6 N–H and O–H groups in total. The number of benzene rings is 5. The molecule has 1 aromatic heterocycles.